The minimum atomic E-state index is -0.229. The van der Waals surface area contributed by atoms with Crippen LogP contribution in [0.15, 0.2) is 73.1 Å². The first-order valence-electron chi connectivity index (χ1n) is 9.74. The number of hydrogen-bond acceptors (Lipinski definition) is 4. The molecule has 1 N–H and O–H groups in total. The zero-order chi connectivity index (χ0) is 21.2. The number of anilines is 2. The first kappa shape index (κ1) is 20.8. The lowest BCUT2D eigenvalue weighted by Crippen LogP contribution is -2.32. The molecule has 7 nitrogen and oxygen atoms in total. The summed E-state index contributed by atoms with van der Waals surface area (Å²) < 4.78 is 1.80. The number of benzene rings is 2. The molecule has 7 heteroatoms. The lowest BCUT2D eigenvalue weighted by molar-refractivity contribution is -0.122. The van der Waals surface area contributed by atoms with E-state index in [-0.39, 0.29) is 31.1 Å². The van der Waals surface area contributed by atoms with Crippen LogP contribution in [0.4, 0.5) is 11.4 Å². The number of hydrogen-bond donors (Lipinski definition) is 1. The average molecular weight is 401 g/mol. The molecule has 0 aliphatic rings. The number of aromatic nitrogens is 2. The van der Waals surface area contributed by atoms with E-state index in [1.165, 1.54) is 0 Å². The van der Waals surface area contributed by atoms with Crippen molar-refractivity contribution in [2.45, 2.75) is 25.8 Å². The fraction of sp³-hybridized carbons (Fsp3) is 0.217. The third-order valence-corrected chi connectivity index (χ3v) is 4.50. The number of rotatable bonds is 9. The molecule has 0 fully saturated rings. The van der Waals surface area contributed by atoms with Gasteiger partial charge < -0.3 is 10.2 Å². The summed E-state index contributed by atoms with van der Waals surface area (Å²) >= 11 is 0. The fourth-order valence-electron chi connectivity index (χ4n) is 3.07. The highest BCUT2D eigenvalue weighted by atomic mass is 16.2. The number of nitriles is 1. The lowest BCUT2D eigenvalue weighted by atomic mass is 10.2. The van der Waals surface area contributed by atoms with Crippen LogP contribution in [0, 0.1) is 11.3 Å². The second kappa shape index (κ2) is 10.6. The van der Waals surface area contributed by atoms with Crippen molar-refractivity contribution in [2.24, 2.45) is 0 Å². The summed E-state index contributed by atoms with van der Waals surface area (Å²) in [4.78, 5) is 26.6. The summed E-state index contributed by atoms with van der Waals surface area (Å²) in [6.07, 6.45) is 3.97. The molecule has 0 unspecified atom stereocenters. The van der Waals surface area contributed by atoms with Crippen LogP contribution in [0.3, 0.4) is 0 Å². The lowest BCUT2D eigenvalue weighted by Gasteiger charge is -2.21. The van der Waals surface area contributed by atoms with E-state index in [1.54, 1.807) is 15.8 Å². The summed E-state index contributed by atoms with van der Waals surface area (Å²) in [7, 11) is 0. The van der Waals surface area contributed by atoms with Crippen LogP contribution in [0.2, 0.25) is 0 Å². The van der Waals surface area contributed by atoms with E-state index in [0.717, 1.165) is 11.3 Å². The number of para-hydroxylation sites is 1. The molecule has 0 aliphatic carbocycles. The summed E-state index contributed by atoms with van der Waals surface area (Å²) in [6.45, 7) is 0.913. The summed E-state index contributed by atoms with van der Waals surface area (Å²) in [5.74, 6) is -0.410. The molecule has 3 rings (SSSR count). The third kappa shape index (κ3) is 6.04. The average Bonchev–Trinajstić information content (AvgIpc) is 3.26. The highest BCUT2D eigenvalue weighted by Gasteiger charge is 2.16. The first-order chi connectivity index (χ1) is 14.7. The van der Waals surface area contributed by atoms with Gasteiger partial charge in [0.15, 0.2) is 0 Å². The third-order valence-electron chi connectivity index (χ3n) is 4.50. The SMILES string of the molecule is N#CCCN(C(=O)CCC(=O)Nc1cccc(Cn2cccn2)c1)c1ccccc1. The maximum Gasteiger partial charge on any atom is 0.227 e. The molecule has 3 aromatic rings. The maximum absolute atomic E-state index is 12.7. The van der Waals surface area contributed by atoms with Crippen molar-refractivity contribution in [1.29, 1.82) is 5.26 Å². The van der Waals surface area contributed by atoms with Gasteiger partial charge in [-0.1, -0.05) is 30.3 Å². The first-order valence-corrected chi connectivity index (χ1v) is 9.74. The normalized spacial score (nSPS) is 10.2. The van der Waals surface area contributed by atoms with Crippen LogP contribution in [-0.4, -0.2) is 28.1 Å². The van der Waals surface area contributed by atoms with E-state index >= 15 is 0 Å². The number of nitrogens with one attached hydrogen (secondary N) is 1. The largest absolute Gasteiger partial charge is 0.326 e. The van der Waals surface area contributed by atoms with Gasteiger partial charge in [0, 0.05) is 43.2 Å². The zero-order valence-corrected chi connectivity index (χ0v) is 16.6. The molecular weight excluding hydrogens is 378 g/mol. The minimum Gasteiger partial charge on any atom is -0.326 e. The van der Waals surface area contributed by atoms with E-state index in [1.807, 2.05) is 66.9 Å². The highest BCUT2D eigenvalue weighted by molar-refractivity contribution is 5.98. The van der Waals surface area contributed by atoms with E-state index in [4.69, 9.17) is 5.26 Å². The van der Waals surface area contributed by atoms with Crippen molar-refractivity contribution in [3.63, 3.8) is 0 Å². The molecule has 30 heavy (non-hydrogen) atoms. The van der Waals surface area contributed by atoms with Gasteiger partial charge in [-0.05, 0) is 35.9 Å². The molecule has 152 valence electrons. The smallest absolute Gasteiger partial charge is 0.227 e. The number of nitrogens with zero attached hydrogens (tertiary/aromatic N) is 4. The molecule has 0 aliphatic heterocycles. The Hall–Kier alpha value is -3.92. The van der Waals surface area contributed by atoms with Crippen molar-refractivity contribution >= 4 is 23.2 Å². The maximum atomic E-state index is 12.7. The second-order valence-corrected chi connectivity index (χ2v) is 6.74. The molecule has 1 heterocycles. The summed E-state index contributed by atoms with van der Waals surface area (Å²) in [5, 5.41) is 15.9. The second-order valence-electron chi connectivity index (χ2n) is 6.74. The molecule has 0 saturated heterocycles. The van der Waals surface area contributed by atoms with Crippen molar-refractivity contribution < 1.29 is 9.59 Å². The Morgan fingerprint density at radius 2 is 1.90 bits per heavy atom. The van der Waals surface area contributed by atoms with Crippen molar-refractivity contribution in [3.8, 4) is 6.07 Å². The Bertz CT molecular complexity index is 1010. The van der Waals surface area contributed by atoms with Crippen molar-refractivity contribution in [3.05, 3.63) is 78.6 Å². The number of carbonyl (C=O) groups excluding carboxylic acids is 2. The Labute approximate surface area is 175 Å². The van der Waals surface area contributed by atoms with E-state index in [9.17, 15) is 9.59 Å². The molecule has 0 saturated carbocycles. The fourth-order valence-corrected chi connectivity index (χ4v) is 3.07. The topological polar surface area (TPSA) is 91.0 Å². The molecule has 0 spiro atoms. The van der Waals surface area contributed by atoms with Crippen LogP contribution in [0.25, 0.3) is 0 Å². The van der Waals surface area contributed by atoms with E-state index < -0.39 is 0 Å². The van der Waals surface area contributed by atoms with E-state index in [2.05, 4.69) is 16.5 Å². The Morgan fingerprint density at radius 1 is 1.07 bits per heavy atom. The van der Waals surface area contributed by atoms with Crippen LogP contribution >= 0.6 is 0 Å². The predicted molar refractivity (Wildman–Crippen MR) is 115 cm³/mol. The van der Waals surface area contributed by atoms with Gasteiger partial charge in [-0.25, -0.2) is 0 Å². The zero-order valence-electron chi connectivity index (χ0n) is 16.6. The molecule has 2 aromatic carbocycles. The van der Waals surface area contributed by atoms with Gasteiger partial charge in [0.05, 0.1) is 19.0 Å². The standard InChI is InChI=1S/C23H23N5O2/c24-13-5-16-28(21-9-2-1-3-10-21)23(30)12-11-22(29)26-20-8-4-7-19(17-20)18-27-15-6-14-25-27/h1-4,6-10,14-15,17H,5,11-12,16,18H2,(H,26,29). The van der Waals surface area contributed by atoms with Gasteiger partial charge in [0.1, 0.15) is 0 Å². The Morgan fingerprint density at radius 3 is 2.63 bits per heavy atom. The van der Waals surface area contributed by atoms with Gasteiger partial charge in [-0.3, -0.25) is 14.3 Å². The molecule has 2 amide bonds. The molecule has 0 bridgehead atoms. The predicted octanol–water partition coefficient (Wildman–Crippen LogP) is 3.60. The van der Waals surface area contributed by atoms with Crippen LogP contribution < -0.4 is 10.2 Å². The quantitative estimate of drug-likeness (QED) is 0.593. The van der Waals surface area contributed by atoms with E-state index in [0.29, 0.717) is 18.8 Å². The molecule has 0 radical (unpaired) electrons. The molecule has 0 atom stereocenters. The van der Waals surface area contributed by atoms with Crippen LogP contribution in [0.1, 0.15) is 24.8 Å². The van der Waals surface area contributed by atoms with Gasteiger partial charge in [0.25, 0.3) is 0 Å². The van der Waals surface area contributed by atoms with Crippen LogP contribution in [0.5, 0.6) is 0 Å². The summed E-state index contributed by atoms with van der Waals surface area (Å²) in [6, 6.07) is 20.7. The van der Waals surface area contributed by atoms with Crippen molar-refractivity contribution in [2.75, 3.05) is 16.8 Å². The molecular formula is C23H23N5O2. The highest BCUT2D eigenvalue weighted by Crippen LogP contribution is 2.16. The Balaban J connectivity index is 1.55. The van der Waals surface area contributed by atoms with Gasteiger partial charge >= 0.3 is 0 Å². The van der Waals surface area contributed by atoms with Gasteiger partial charge in [-0.15, -0.1) is 0 Å². The Kier molecular flexibility index (Phi) is 7.34. The summed E-state index contributed by atoms with van der Waals surface area (Å²) in [5.41, 5.74) is 2.42. The van der Waals surface area contributed by atoms with Crippen molar-refractivity contribution in [1.82, 2.24) is 9.78 Å². The van der Waals surface area contributed by atoms with Gasteiger partial charge in [-0.2, -0.15) is 10.4 Å². The van der Waals surface area contributed by atoms with Crippen LogP contribution in [-0.2, 0) is 16.1 Å². The minimum absolute atomic E-state index is 0.0676. The number of amides is 2. The monoisotopic (exact) mass is 401 g/mol. The van der Waals surface area contributed by atoms with Gasteiger partial charge in [0.2, 0.25) is 11.8 Å². The molecule has 1 aromatic heterocycles. The number of carbonyl (C=O) groups is 2.